The maximum absolute atomic E-state index is 12.2. The van der Waals surface area contributed by atoms with Gasteiger partial charge in [-0.2, -0.15) is 10.1 Å². The van der Waals surface area contributed by atoms with E-state index in [4.69, 9.17) is 0 Å². The second-order valence-electron chi connectivity index (χ2n) is 5.53. The molecule has 25 heavy (non-hydrogen) atoms. The SMILES string of the molecule is CC(=NNC(=O)c1nc2nc(C)cc(C)n2n1)c1ccc(O)cc1O. The molecule has 1 amide bonds. The zero-order valence-electron chi connectivity index (χ0n) is 13.8. The number of phenols is 2. The summed E-state index contributed by atoms with van der Waals surface area (Å²) in [5.74, 6) is -0.533. The van der Waals surface area contributed by atoms with Gasteiger partial charge in [-0.05, 0) is 39.0 Å². The van der Waals surface area contributed by atoms with Gasteiger partial charge in [-0.25, -0.2) is 14.9 Å². The lowest BCUT2D eigenvalue weighted by Gasteiger charge is -2.04. The molecule has 9 heteroatoms. The highest BCUT2D eigenvalue weighted by Crippen LogP contribution is 2.22. The van der Waals surface area contributed by atoms with Crippen LogP contribution in [0.1, 0.15) is 34.5 Å². The monoisotopic (exact) mass is 340 g/mol. The molecule has 0 aliphatic heterocycles. The predicted molar refractivity (Wildman–Crippen MR) is 89.7 cm³/mol. The first-order valence-corrected chi connectivity index (χ1v) is 7.43. The summed E-state index contributed by atoms with van der Waals surface area (Å²) < 4.78 is 1.48. The average Bonchev–Trinajstić information content (AvgIpc) is 2.96. The lowest BCUT2D eigenvalue weighted by molar-refractivity contribution is 0.0944. The second-order valence-corrected chi connectivity index (χ2v) is 5.53. The first-order valence-electron chi connectivity index (χ1n) is 7.43. The maximum atomic E-state index is 12.2. The van der Waals surface area contributed by atoms with Gasteiger partial charge < -0.3 is 10.2 Å². The van der Waals surface area contributed by atoms with Gasteiger partial charge in [0.15, 0.2) is 0 Å². The molecule has 2 aromatic heterocycles. The molecule has 0 spiro atoms. The second kappa shape index (κ2) is 6.19. The molecule has 9 nitrogen and oxygen atoms in total. The van der Waals surface area contributed by atoms with Crippen LogP contribution in [-0.4, -0.2) is 41.4 Å². The first-order chi connectivity index (χ1) is 11.8. The van der Waals surface area contributed by atoms with Gasteiger partial charge >= 0.3 is 5.91 Å². The number of amides is 1. The summed E-state index contributed by atoms with van der Waals surface area (Å²) >= 11 is 0. The quantitative estimate of drug-likeness (QED) is 0.487. The Morgan fingerprint density at radius 1 is 1.20 bits per heavy atom. The van der Waals surface area contributed by atoms with Gasteiger partial charge in [0.25, 0.3) is 5.78 Å². The fourth-order valence-electron chi connectivity index (χ4n) is 2.33. The van der Waals surface area contributed by atoms with Gasteiger partial charge in [0.05, 0.1) is 5.71 Å². The van der Waals surface area contributed by atoms with Crippen LogP contribution in [0.15, 0.2) is 29.4 Å². The Bertz CT molecular complexity index is 1010. The summed E-state index contributed by atoms with van der Waals surface area (Å²) in [6.07, 6.45) is 0. The van der Waals surface area contributed by atoms with Crippen LogP contribution in [0.3, 0.4) is 0 Å². The summed E-state index contributed by atoms with van der Waals surface area (Å²) in [6.45, 7) is 5.28. The molecule has 2 heterocycles. The van der Waals surface area contributed by atoms with Crippen LogP contribution < -0.4 is 5.43 Å². The van der Waals surface area contributed by atoms with E-state index in [1.54, 1.807) is 6.92 Å². The molecule has 1 aromatic carbocycles. The van der Waals surface area contributed by atoms with Crippen molar-refractivity contribution in [2.75, 3.05) is 0 Å². The van der Waals surface area contributed by atoms with E-state index in [-0.39, 0.29) is 17.3 Å². The number of benzene rings is 1. The Labute approximate surface area is 142 Å². The van der Waals surface area contributed by atoms with Crippen LogP contribution in [0.2, 0.25) is 0 Å². The Morgan fingerprint density at radius 3 is 2.68 bits per heavy atom. The average molecular weight is 340 g/mol. The number of phenolic OH excluding ortho intramolecular Hbond substituents is 2. The standard InChI is InChI=1S/C16H16N6O3/c1-8-6-9(2)22-16(17-8)18-14(21-22)15(25)20-19-10(3)12-5-4-11(23)7-13(12)24/h4-7,23-24H,1-3H3,(H,20,25). The number of nitrogens with zero attached hydrogens (tertiary/aromatic N) is 5. The van der Waals surface area contributed by atoms with Crippen molar-refractivity contribution in [3.05, 3.63) is 47.0 Å². The van der Waals surface area contributed by atoms with E-state index in [1.165, 1.54) is 22.7 Å². The third kappa shape index (κ3) is 3.25. The van der Waals surface area contributed by atoms with E-state index in [0.717, 1.165) is 11.4 Å². The summed E-state index contributed by atoms with van der Waals surface area (Å²) in [4.78, 5) is 20.5. The number of aryl methyl sites for hydroxylation is 2. The van der Waals surface area contributed by atoms with Crippen molar-refractivity contribution in [2.45, 2.75) is 20.8 Å². The third-order valence-corrected chi connectivity index (χ3v) is 3.52. The van der Waals surface area contributed by atoms with Crippen LogP contribution in [0.5, 0.6) is 11.5 Å². The highest BCUT2D eigenvalue weighted by molar-refractivity contribution is 6.02. The summed E-state index contributed by atoms with van der Waals surface area (Å²) in [6, 6.07) is 5.93. The minimum atomic E-state index is -0.597. The van der Waals surface area contributed by atoms with Crippen LogP contribution in [0.25, 0.3) is 5.78 Å². The molecule has 3 N–H and O–H groups in total. The number of carbonyl (C=O) groups is 1. The Hall–Kier alpha value is -3.49. The van der Waals surface area contributed by atoms with Crippen LogP contribution in [0.4, 0.5) is 0 Å². The Kier molecular flexibility index (Phi) is 4.05. The zero-order valence-corrected chi connectivity index (χ0v) is 13.8. The molecular weight excluding hydrogens is 324 g/mol. The molecule has 0 saturated carbocycles. The topological polar surface area (TPSA) is 125 Å². The van der Waals surface area contributed by atoms with Crippen molar-refractivity contribution in [3.8, 4) is 11.5 Å². The molecular formula is C16H16N6O3. The van der Waals surface area contributed by atoms with Crippen LogP contribution in [-0.2, 0) is 0 Å². The van der Waals surface area contributed by atoms with Gasteiger partial charge in [-0.15, -0.1) is 5.10 Å². The highest BCUT2D eigenvalue weighted by atomic mass is 16.3. The molecule has 0 saturated heterocycles. The van der Waals surface area contributed by atoms with Crippen molar-refractivity contribution >= 4 is 17.4 Å². The predicted octanol–water partition coefficient (Wildman–Crippen LogP) is 1.31. The summed E-state index contributed by atoms with van der Waals surface area (Å²) in [7, 11) is 0. The number of hydrazone groups is 1. The molecule has 3 aromatic rings. The number of hydrogen-bond acceptors (Lipinski definition) is 7. The molecule has 0 fully saturated rings. The minimum Gasteiger partial charge on any atom is -0.508 e. The van der Waals surface area contributed by atoms with E-state index in [1.807, 2.05) is 19.9 Å². The number of carbonyl (C=O) groups excluding carboxylic acids is 1. The number of aromatic nitrogens is 4. The van der Waals surface area contributed by atoms with Gasteiger partial charge in [0.1, 0.15) is 11.5 Å². The molecule has 0 bridgehead atoms. The fraction of sp³-hybridized carbons (Fsp3) is 0.188. The van der Waals surface area contributed by atoms with E-state index < -0.39 is 5.91 Å². The van der Waals surface area contributed by atoms with Crippen molar-refractivity contribution in [1.82, 2.24) is 25.0 Å². The first kappa shape index (κ1) is 16.4. The molecule has 0 atom stereocenters. The van der Waals surface area contributed by atoms with Crippen molar-refractivity contribution in [2.24, 2.45) is 5.10 Å². The smallest absolute Gasteiger partial charge is 0.311 e. The number of hydrogen-bond donors (Lipinski definition) is 3. The molecule has 0 aliphatic carbocycles. The Morgan fingerprint density at radius 2 is 1.96 bits per heavy atom. The number of fused-ring (bicyclic) bond motifs is 1. The third-order valence-electron chi connectivity index (χ3n) is 3.52. The normalized spacial score (nSPS) is 11.7. The summed E-state index contributed by atoms with van der Waals surface area (Å²) in [5.41, 5.74) is 4.67. The van der Waals surface area contributed by atoms with Crippen LogP contribution >= 0.6 is 0 Å². The van der Waals surface area contributed by atoms with Gasteiger partial charge in [0.2, 0.25) is 5.82 Å². The van der Waals surface area contributed by atoms with E-state index in [2.05, 4.69) is 25.6 Å². The largest absolute Gasteiger partial charge is 0.508 e. The highest BCUT2D eigenvalue weighted by Gasteiger charge is 2.15. The molecule has 3 rings (SSSR count). The van der Waals surface area contributed by atoms with Crippen molar-refractivity contribution < 1.29 is 15.0 Å². The molecule has 0 unspecified atom stereocenters. The lowest BCUT2D eigenvalue weighted by atomic mass is 10.1. The van der Waals surface area contributed by atoms with Gasteiger partial charge in [-0.3, -0.25) is 4.79 Å². The Balaban J connectivity index is 1.83. The minimum absolute atomic E-state index is 0.0623. The van der Waals surface area contributed by atoms with Crippen molar-refractivity contribution in [1.29, 1.82) is 0 Å². The molecule has 0 radical (unpaired) electrons. The van der Waals surface area contributed by atoms with Crippen LogP contribution in [0, 0.1) is 13.8 Å². The lowest BCUT2D eigenvalue weighted by Crippen LogP contribution is -2.21. The number of nitrogens with one attached hydrogen (secondary N) is 1. The molecule has 0 aliphatic rings. The molecule has 128 valence electrons. The zero-order chi connectivity index (χ0) is 18.1. The number of rotatable bonds is 3. The number of aromatic hydroxyl groups is 2. The van der Waals surface area contributed by atoms with Gasteiger partial charge in [-0.1, -0.05) is 0 Å². The maximum Gasteiger partial charge on any atom is 0.311 e. The van der Waals surface area contributed by atoms with E-state index in [0.29, 0.717) is 17.1 Å². The van der Waals surface area contributed by atoms with E-state index in [9.17, 15) is 15.0 Å². The fourth-order valence-corrected chi connectivity index (χ4v) is 2.33. The van der Waals surface area contributed by atoms with Crippen molar-refractivity contribution in [3.63, 3.8) is 0 Å². The summed E-state index contributed by atoms with van der Waals surface area (Å²) in [5, 5.41) is 27.2. The van der Waals surface area contributed by atoms with E-state index >= 15 is 0 Å². The van der Waals surface area contributed by atoms with Gasteiger partial charge in [0, 0.05) is 23.0 Å².